The van der Waals surface area contributed by atoms with Crippen LogP contribution >= 0.6 is 11.6 Å². The molecule has 0 aliphatic rings. The van der Waals surface area contributed by atoms with E-state index in [1.807, 2.05) is 4.83 Å². The zero-order chi connectivity index (χ0) is 20.0. The smallest absolute Gasteiger partial charge is 0.315 e. The van der Waals surface area contributed by atoms with Gasteiger partial charge < -0.3 is 9.47 Å². The van der Waals surface area contributed by atoms with Crippen molar-refractivity contribution in [3.05, 3.63) is 57.1 Å². The number of sulfonamides is 1. The predicted octanol–water partition coefficient (Wildman–Crippen LogP) is 2.97. The summed E-state index contributed by atoms with van der Waals surface area (Å²) < 4.78 is 34.7. The normalized spacial score (nSPS) is 11.4. The van der Waals surface area contributed by atoms with E-state index in [0.29, 0.717) is 5.02 Å². The lowest BCUT2D eigenvalue weighted by Crippen LogP contribution is -2.18. The molecule has 0 aromatic heterocycles. The van der Waals surface area contributed by atoms with Crippen molar-refractivity contribution in [1.29, 1.82) is 0 Å². The molecule has 11 heteroatoms. The number of hydrogen-bond acceptors (Lipinski definition) is 7. The number of nitro groups is 1. The molecule has 0 fully saturated rings. The van der Waals surface area contributed by atoms with E-state index in [1.165, 1.54) is 43.5 Å². The number of nitrogens with one attached hydrogen (secondary N) is 1. The van der Waals surface area contributed by atoms with Crippen molar-refractivity contribution in [2.45, 2.75) is 11.8 Å². The van der Waals surface area contributed by atoms with E-state index in [9.17, 15) is 18.5 Å². The second-order valence-electron chi connectivity index (χ2n) is 5.07. The molecule has 2 aromatic carbocycles. The molecular weight excluding hydrogens is 398 g/mol. The molecule has 1 N–H and O–H groups in total. The maximum Gasteiger partial charge on any atom is 0.315 e. The summed E-state index contributed by atoms with van der Waals surface area (Å²) in [5.41, 5.74) is -0.0739. The fourth-order valence-electron chi connectivity index (χ4n) is 2.12. The molecule has 0 heterocycles. The van der Waals surface area contributed by atoms with E-state index >= 15 is 0 Å². The molecule has 0 bridgehead atoms. The van der Waals surface area contributed by atoms with Crippen molar-refractivity contribution in [3.63, 3.8) is 0 Å². The third-order valence-corrected chi connectivity index (χ3v) is 4.76. The van der Waals surface area contributed by atoms with Crippen molar-refractivity contribution in [3.8, 4) is 11.5 Å². The zero-order valence-corrected chi connectivity index (χ0v) is 16.0. The molecule has 2 aromatic rings. The van der Waals surface area contributed by atoms with Gasteiger partial charge in [0.25, 0.3) is 10.0 Å². The highest BCUT2D eigenvalue weighted by Crippen LogP contribution is 2.37. The van der Waals surface area contributed by atoms with Crippen molar-refractivity contribution in [2.75, 3.05) is 13.7 Å². The largest absolute Gasteiger partial charge is 0.490 e. The van der Waals surface area contributed by atoms with E-state index in [4.69, 9.17) is 21.1 Å². The molecule has 0 atom stereocenters. The first-order valence-corrected chi connectivity index (χ1v) is 9.44. The van der Waals surface area contributed by atoms with Gasteiger partial charge in [-0.1, -0.05) is 11.6 Å². The van der Waals surface area contributed by atoms with Gasteiger partial charge in [-0.25, -0.2) is 4.83 Å². The van der Waals surface area contributed by atoms with Gasteiger partial charge in [0.05, 0.1) is 29.8 Å². The van der Waals surface area contributed by atoms with E-state index < -0.39 is 14.9 Å². The number of hydrazone groups is 1. The summed E-state index contributed by atoms with van der Waals surface area (Å²) in [6.07, 6.45) is 1.13. The van der Waals surface area contributed by atoms with Crippen LogP contribution in [0.25, 0.3) is 0 Å². The first-order chi connectivity index (χ1) is 12.8. The highest BCUT2D eigenvalue weighted by atomic mass is 35.5. The highest BCUT2D eigenvalue weighted by Gasteiger charge is 2.21. The summed E-state index contributed by atoms with van der Waals surface area (Å²) in [7, 11) is -2.61. The Morgan fingerprint density at radius 2 is 1.96 bits per heavy atom. The molecule has 0 saturated carbocycles. The molecule has 0 saturated heterocycles. The van der Waals surface area contributed by atoms with Gasteiger partial charge in [-0.15, -0.1) is 0 Å². The minimum atomic E-state index is -3.90. The first-order valence-electron chi connectivity index (χ1n) is 7.58. The Balaban J connectivity index is 2.30. The third kappa shape index (κ3) is 5.08. The quantitative estimate of drug-likeness (QED) is 0.403. The van der Waals surface area contributed by atoms with Crippen LogP contribution in [-0.2, 0) is 10.0 Å². The van der Waals surface area contributed by atoms with Gasteiger partial charge in [-0.05, 0) is 37.3 Å². The summed E-state index contributed by atoms with van der Waals surface area (Å²) in [5, 5.41) is 15.3. The fraction of sp³-hybridized carbons (Fsp3) is 0.188. The van der Waals surface area contributed by atoms with Crippen molar-refractivity contribution < 1.29 is 22.8 Å². The van der Waals surface area contributed by atoms with Crippen LogP contribution in [0.5, 0.6) is 11.5 Å². The number of rotatable bonds is 8. The van der Waals surface area contributed by atoms with E-state index in [0.717, 1.165) is 6.21 Å². The summed E-state index contributed by atoms with van der Waals surface area (Å²) in [6.45, 7) is 1.98. The highest BCUT2D eigenvalue weighted by molar-refractivity contribution is 7.89. The topological polar surface area (TPSA) is 120 Å². The molecule has 0 radical (unpaired) electrons. The van der Waals surface area contributed by atoms with Gasteiger partial charge in [0.15, 0.2) is 5.75 Å². The van der Waals surface area contributed by atoms with Crippen molar-refractivity contribution >= 4 is 33.5 Å². The standard InChI is InChI=1S/C16H16ClN3O6S/c1-3-26-15-9-11(8-14(20(21)22)16(15)25-2)10-18-19-27(23,24)13-6-4-12(17)5-7-13/h4-10,19H,3H2,1-2H3/b18-10+. The molecule has 2 rings (SSSR count). The third-order valence-electron chi connectivity index (χ3n) is 3.27. The Morgan fingerprint density at radius 3 is 2.52 bits per heavy atom. The van der Waals surface area contributed by atoms with E-state index in [-0.39, 0.29) is 34.3 Å². The van der Waals surface area contributed by atoms with Crippen molar-refractivity contribution in [2.24, 2.45) is 5.10 Å². The van der Waals surface area contributed by atoms with Crippen molar-refractivity contribution in [1.82, 2.24) is 4.83 Å². The van der Waals surface area contributed by atoms with Crippen LogP contribution in [0.1, 0.15) is 12.5 Å². The molecular formula is C16H16ClN3O6S. The van der Waals surface area contributed by atoms with Crippen LogP contribution < -0.4 is 14.3 Å². The van der Waals surface area contributed by atoms with Crippen LogP contribution in [-0.4, -0.2) is 33.3 Å². The van der Waals surface area contributed by atoms with Gasteiger partial charge in [0, 0.05) is 16.7 Å². The zero-order valence-electron chi connectivity index (χ0n) is 14.4. The number of nitrogens with zero attached hydrogens (tertiary/aromatic N) is 2. The molecule has 0 aliphatic heterocycles. The molecule has 0 unspecified atom stereocenters. The van der Waals surface area contributed by atoms with Gasteiger partial charge in [0.2, 0.25) is 5.75 Å². The van der Waals surface area contributed by atoms with Crippen LogP contribution in [0.15, 0.2) is 46.4 Å². The summed E-state index contributed by atoms with van der Waals surface area (Å²) >= 11 is 5.73. The Morgan fingerprint density at radius 1 is 1.30 bits per heavy atom. The summed E-state index contributed by atoms with van der Waals surface area (Å²) in [5.74, 6) is 0.122. The van der Waals surface area contributed by atoms with E-state index in [2.05, 4.69) is 5.10 Å². The van der Waals surface area contributed by atoms with Crippen LogP contribution in [0.4, 0.5) is 5.69 Å². The number of hydrogen-bond donors (Lipinski definition) is 1. The molecule has 0 amide bonds. The minimum absolute atomic E-state index is 0.0271. The van der Waals surface area contributed by atoms with Crippen LogP contribution in [0.3, 0.4) is 0 Å². The maximum atomic E-state index is 12.2. The SMILES string of the molecule is CCOc1cc(/C=N/NS(=O)(=O)c2ccc(Cl)cc2)cc([N+](=O)[O-])c1OC. The lowest BCUT2D eigenvalue weighted by Gasteiger charge is -2.10. The lowest BCUT2D eigenvalue weighted by molar-refractivity contribution is -0.385. The average molecular weight is 414 g/mol. The second-order valence-corrected chi connectivity index (χ2v) is 7.17. The number of nitro benzene ring substituents is 1. The Labute approximate surface area is 160 Å². The number of halogens is 1. The summed E-state index contributed by atoms with van der Waals surface area (Å²) in [6, 6.07) is 8.16. The Kier molecular flexibility index (Phi) is 6.59. The monoisotopic (exact) mass is 413 g/mol. The number of methoxy groups -OCH3 is 1. The fourth-order valence-corrected chi connectivity index (χ4v) is 3.04. The molecule has 27 heavy (non-hydrogen) atoms. The number of benzene rings is 2. The lowest BCUT2D eigenvalue weighted by atomic mass is 10.2. The Hall–Kier alpha value is -2.85. The average Bonchev–Trinajstić information content (AvgIpc) is 2.61. The molecule has 0 spiro atoms. The van der Waals surface area contributed by atoms with E-state index in [1.54, 1.807) is 6.92 Å². The molecule has 9 nitrogen and oxygen atoms in total. The number of ether oxygens (including phenoxy) is 2. The van der Waals surface area contributed by atoms with Crippen LogP contribution in [0.2, 0.25) is 5.02 Å². The predicted molar refractivity (Wildman–Crippen MR) is 100 cm³/mol. The van der Waals surface area contributed by atoms with Gasteiger partial charge in [-0.2, -0.15) is 13.5 Å². The minimum Gasteiger partial charge on any atom is -0.490 e. The first kappa shape index (κ1) is 20.5. The van der Waals surface area contributed by atoms with Gasteiger partial charge in [0.1, 0.15) is 0 Å². The molecule has 0 aliphatic carbocycles. The molecule has 144 valence electrons. The Bertz CT molecular complexity index is 961. The van der Waals surface area contributed by atoms with Gasteiger partial charge >= 0.3 is 5.69 Å². The van der Waals surface area contributed by atoms with Gasteiger partial charge in [-0.3, -0.25) is 10.1 Å². The maximum absolute atomic E-state index is 12.2. The van der Waals surface area contributed by atoms with Crippen LogP contribution in [0, 0.1) is 10.1 Å². The second kappa shape index (κ2) is 8.69. The summed E-state index contributed by atoms with van der Waals surface area (Å²) in [4.78, 5) is 12.6.